The van der Waals surface area contributed by atoms with Crippen molar-refractivity contribution >= 4 is 51.7 Å². The van der Waals surface area contributed by atoms with Crippen molar-refractivity contribution in [2.24, 2.45) is 28.7 Å². The number of hydrogen-bond acceptors (Lipinski definition) is 11. The molecule has 0 aromatic heterocycles. The first-order valence-corrected chi connectivity index (χ1v) is 25.5. The minimum Gasteiger partial charge on any atom is -0.444 e. The SMILES string of the molecule is CC(=CC(C(C)C)N(C)C(=O)C(NC(=O)C(N(C)C(=O)OC(C)(C)C)C(C)(C)c1ccccc1)C(C)(C)C)C(=O)NS(=O)(=O)Cc1ccc(CNC(=O)C(CCCNC(N)=O)NC(=O)C(N)C(C)C)cc1. The van der Waals surface area contributed by atoms with Gasteiger partial charge in [0.25, 0.3) is 5.91 Å². The van der Waals surface area contributed by atoms with E-state index >= 15 is 0 Å². The van der Waals surface area contributed by atoms with Crippen LogP contribution in [0.2, 0.25) is 0 Å². The summed E-state index contributed by atoms with van der Waals surface area (Å²) in [5, 5.41) is 10.9. The van der Waals surface area contributed by atoms with E-state index in [0.29, 0.717) is 17.5 Å². The fourth-order valence-corrected chi connectivity index (χ4v) is 8.80. The summed E-state index contributed by atoms with van der Waals surface area (Å²) < 4.78 is 34.4. The van der Waals surface area contributed by atoms with Crippen LogP contribution in [0.1, 0.15) is 120 Å². The van der Waals surface area contributed by atoms with Crippen molar-refractivity contribution in [2.45, 2.75) is 156 Å². The van der Waals surface area contributed by atoms with Crippen LogP contribution in [0.5, 0.6) is 0 Å². The lowest BCUT2D eigenvalue weighted by Crippen LogP contribution is -2.63. The Morgan fingerprint density at radius 3 is 1.82 bits per heavy atom. The fraction of sp³-hybridized carbons (Fsp3) is 0.588. The maximum atomic E-state index is 14.6. The Morgan fingerprint density at radius 2 is 1.31 bits per heavy atom. The maximum absolute atomic E-state index is 14.6. The molecule has 0 spiro atoms. The van der Waals surface area contributed by atoms with Crippen LogP contribution >= 0.6 is 0 Å². The van der Waals surface area contributed by atoms with Crippen LogP contribution in [-0.2, 0) is 56.4 Å². The molecule has 8 amide bonds. The van der Waals surface area contributed by atoms with Crippen molar-refractivity contribution in [3.63, 3.8) is 0 Å². The third kappa shape index (κ3) is 19.3. The van der Waals surface area contributed by atoms with E-state index in [1.807, 2.05) is 58.0 Å². The number of nitrogens with two attached hydrogens (primary N) is 2. The number of benzene rings is 2. The van der Waals surface area contributed by atoms with E-state index in [1.165, 1.54) is 29.8 Å². The number of likely N-dealkylation sites (N-methyl/N-ethyl adjacent to an activating group) is 2. The first-order chi connectivity index (χ1) is 32.6. The molecule has 0 aliphatic carbocycles. The van der Waals surface area contributed by atoms with Gasteiger partial charge in [0.15, 0.2) is 0 Å². The Morgan fingerprint density at radius 1 is 0.746 bits per heavy atom. The van der Waals surface area contributed by atoms with E-state index in [-0.39, 0.29) is 36.9 Å². The zero-order valence-electron chi connectivity index (χ0n) is 44.4. The van der Waals surface area contributed by atoms with Crippen molar-refractivity contribution in [1.82, 2.24) is 35.8 Å². The van der Waals surface area contributed by atoms with Gasteiger partial charge in [-0.1, -0.05) is 123 Å². The third-order valence-corrected chi connectivity index (χ3v) is 13.1. The second-order valence-electron chi connectivity index (χ2n) is 21.4. The zero-order valence-corrected chi connectivity index (χ0v) is 45.2. The summed E-state index contributed by atoms with van der Waals surface area (Å²) in [4.78, 5) is 95.8. The molecule has 0 aliphatic rings. The molecular formula is C51H81N9O10S. The van der Waals surface area contributed by atoms with Crippen LogP contribution in [-0.4, -0.2) is 116 Å². The number of amides is 8. The first-order valence-electron chi connectivity index (χ1n) is 23.9. The number of carbonyl (C=O) groups excluding carboxylic acids is 7. The normalized spacial score (nSPS) is 14.5. The molecule has 2 aromatic carbocycles. The number of carbonyl (C=O) groups is 7. The van der Waals surface area contributed by atoms with Gasteiger partial charge in [-0.15, -0.1) is 0 Å². The predicted octanol–water partition coefficient (Wildman–Crippen LogP) is 4.34. The Hall–Kier alpha value is -6.02. The fourth-order valence-electron chi connectivity index (χ4n) is 7.66. The molecule has 0 saturated heterocycles. The van der Waals surface area contributed by atoms with E-state index in [1.54, 1.807) is 86.7 Å². The van der Waals surface area contributed by atoms with E-state index in [2.05, 4.69) is 26.0 Å². The number of hydrogen-bond donors (Lipinski definition) is 7. The van der Waals surface area contributed by atoms with E-state index in [4.69, 9.17) is 16.2 Å². The van der Waals surface area contributed by atoms with Gasteiger partial charge in [0.1, 0.15) is 23.7 Å². The quantitative estimate of drug-likeness (QED) is 0.0608. The molecule has 2 aromatic rings. The molecule has 19 nitrogen and oxygen atoms in total. The predicted molar refractivity (Wildman–Crippen MR) is 274 cm³/mol. The molecule has 2 rings (SSSR count). The highest BCUT2D eigenvalue weighted by atomic mass is 32.2. The lowest BCUT2D eigenvalue weighted by Gasteiger charge is -2.42. The number of nitrogens with one attached hydrogen (secondary N) is 5. The van der Waals surface area contributed by atoms with Crippen LogP contribution in [0.25, 0.3) is 0 Å². The Labute approximate surface area is 421 Å². The van der Waals surface area contributed by atoms with Crippen LogP contribution in [0, 0.1) is 17.3 Å². The lowest BCUT2D eigenvalue weighted by atomic mass is 9.76. The summed E-state index contributed by atoms with van der Waals surface area (Å²) in [6.45, 7) is 23.2. The molecule has 0 saturated carbocycles. The van der Waals surface area contributed by atoms with Gasteiger partial charge >= 0.3 is 12.1 Å². The summed E-state index contributed by atoms with van der Waals surface area (Å²) in [6.07, 6.45) is 1.33. The summed E-state index contributed by atoms with van der Waals surface area (Å²) in [7, 11) is -1.19. The van der Waals surface area contributed by atoms with Crippen LogP contribution in [0.3, 0.4) is 0 Å². The number of nitrogens with zero attached hydrogens (tertiary/aromatic N) is 2. The standard InChI is InChI=1S/C51H81N9O10S/c1-31(2)38(59(14)46(65)40(49(6,7)8)57-45(64)41(60(15)48(67)70-50(9,10)11)51(12,13)36-20-17-16-18-21-36)28-33(5)42(61)58-71(68,69)30-35-25-23-34(24-26-35)29-55-43(62)37(22-19-27-54-47(53)66)56-44(63)39(52)32(3)4/h16-18,20-21,23-26,28,31-32,37-41H,19,22,27,29-30,52H2,1-15H3,(H,55,62)(H,56,63)(H,57,64)(H,58,61)(H3,53,54,66). The number of ether oxygens (including phenoxy) is 1. The van der Waals surface area contributed by atoms with Crippen molar-refractivity contribution in [2.75, 3.05) is 20.6 Å². The second-order valence-corrected chi connectivity index (χ2v) is 23.1. The molecule has 20 heteroatoms. The molecule has 5 atom stereocenters. The molecule has 5 unspecified atom stereocenters. The van der Waals surface area contributed by atoms with E-state index in [9.17, 15) is 42.0 Å². The van der Waals surface area contributed by atoms with Crippen LogP contribution < -0.4 is 37.5 Å². The van der Waals surface area contributed by atoms with Gasteiger partial charge in [-0.25, -0.2) is 22.7 Å². The average Bonchev–Trinajstić information content (AvgIpc) is 3.25. The number of sulfonamides is 1. The van der Waals surface area contributed by atoms with Crippen molar-refractivity contribution < 1.29 is 46.7 Å². The molecular weight excluding hydrogens is 931 g/mol. The Bertz CT molecular complexity index is 2310. The van der Waals surface area contributed by atoms with Gasteiger partial charge in [-0.3, -0.25) is 28.9 Å². The van der Waals surface area contributed by atoms with E-state index in [0.717, 1.165) is 5.56 Å². The number of rotatable bonds is 23. The Kier molecular flexibility index (Phi) is 22.3. The maximum Gasteiger partial charge on any atom is 0.410 e. The van der Waals surface area contributed by atoms with Gasteiger partial charge in [-0.05, 0) is 74.5 Å². The summed E-state index contributed by atoms with van der Waals surface area (Å²) in [6, 6.07) is 10.1. The largest absolute Gasteiger partial charge is 0.444 e. The topological polar surface area (TPSA) is 282 Å². The van der Waals surface area contributed by atoms with Gasteiger partial charge in [0.05, 0.1) is 17.8 Å². The van der Waals surface area contributed by atoms with Crippen molar-refractivity contribution in [3.05, 3.63) is 82.9 Å². The highest BCUT2D eigenvalue weighted by Crippen LogP contribution is 2.32. The number of urea groups is 1. The third-order valence-electron chi connectivity index (χ3n) is 11.9. The van der Waals surface area contributed by atoms with Crippen LogP contribution in [0.15, 0.2) is 66.2 Å². The second kappa shape index (κ2) is 25.9. The van der Waals surface area contributed by atoms with Gasteiger partial charge in [0, 0.05) is 38.2 Å². The summed E-state index contributed by atoms with van der Waals surface area (Å²) >= 11 is 0. The van der Waals surface area contributed by atoms with Gasteiger partial charge in [-0.2, -0.15) is 0 Å². The molecule has 9 N–H and O–H groups in total. The van der Waals surface area contributed by atoms with E-state index < -0.39 is 104 Å². The highest BCUT2D eigenvalue weighted by Gasteiger charge is 2.46. The summed E-state index contributed by atoms with van der Waals surface area (Å²) in [5.41, 5.74) is 10.2. The van der Waals surface area contributed by atoms with Crippen LogP contribution in [0.4, 0.5) is 9.59 Å². The minimum atomic E-state index is -4.23. The zero-order chi connectivity index (χ0) is 54.4. The van der Waals surface area contributed by atoms with Crippen molar-refractivity contribution in [3.8, 4) is 0 Å². The minimum absolute atomic E-state index is 0.0304. The highest BCUT2D eigenvalue weighted by molar-refractivity contribution is 7.89. The van der Waals surface area contributed by atoms with Gasteiger partial charge in [0.2, 0.25) is 33.7 Å². The smallest absolute Gasteiger partial charge is 0.410 e. The molecule has 0 fully saturated rings. The molecule has 0 aliphatic heterocycles. The van der Waals surface area contributed by atoms with Gasteiger partial charge < -0.3 is 42.4 Å². The van der Waals surface area contributed by atoms with Crippen molar-refractivity contribution in [1.29, 1.82) is 0 Å². The summed E-state index contributed by atoms with van der Waals surface area (Å²) in [5.74, 6) is -3.94. The molecule has 71 heavy (non-hydrogen) atoms. The average molecular weight is 1010 g/mol. The molecule has 0 radical (unpaired) electrons. The Balaban J connectivity index is 2.26. The molecule has 0 heterocycles. The molecule has 396 valence electrons. The molecule has 0 bridgehead atoms. The lowest BCUT2D eigenvalue weighted by molar-refractivity contribution is -0.141. The number of primary amides is 1. The monoisotopic (exact) mass is 1010 g/mol. The first kappa shape index (κ1) is 61.1.